The van der Waals surface area contributed by atoms with Crippen LogP contribution in [-0.2, 0) is 6.54 Å². The molecule has 1 aromatic heterocycles. The number of aromatic nitrogens is 1. The van der Waals surface area contributed by atoms with Crippen LogP contribution >= 0.6 is 0 Å². The van der Waals surface area contributed by atoms with Crippen molar-refractivity contribution < 1.29 is 0 Å². The van der Waals surface area contributed by atoms with Crippen LogP contribution in [0.1, 0.15) is 38.3 Å². The molecular formula is C15H25N3. The Morgan fingerprint density at radius 3 is 3.00 bits per heavy atom. The zero-order valence-electron chi connectivity index (χ0n) is 11.6. The van der Waals surface area contributed by atoms with Crippen molar-refractivity contribution in [1.29, 1.82) is 0 Å². The van der Waals surface area contributed by atoms with E-state index < -0.39 is 0 Å². The van der Waals surface area contributed by atoms with E-state index in [4.69, 9.17) is 0 Å². The lowest BCUT2D eigenvalue weighted by Gasteiger charge is -2.30. The van der Waals surface area contributed by atoms with Crippen molar-refractivity contribution in [3.8, 4) is 0 Å². The lowest BCUT2D eigenvalue weighted by atomic mass is 10.1. The number of nitrogens with zero attached hydrogens (tertiary/aromatic N) is 2. The minimum atomic E-state index is 0.665. The van der Waals surface area contributed by atoms with Crippen molar-refractivity contribution in [2.45, 2.75) is 51.2 Å². The quantitative estimate of drug-likeness (QED) is 0.837. The number of nitrogens with one attached hydrogen (secondary N) is 1. The Bertz CT molecular complexity index is 339. The highest BCUT2D eigenvalue weighted by Crippen LogP contribution is 2.24. The summed E-state index contributed by atoms with van der Waals surface area (Å²) in [5.41, 5.74) is 1.17. The summed E-state index contributed by atoms with van der Waals surface area (Å²) in [5, 5.41) is 3.69. The Hall–Kier alpha value is -0.930. The van der Waals surface area contributed by atoms with Gasteiger partial charge in [0.1, 0.15) is 0 Å². The van der Waals surface area contributed by atoms with E-state index in [-0.39, 0.29) is 0 Å². The third kappa shape index (κ3) is 3.53. The van der Waals surface area contributed by atoms with Crippen LogP contribution in [0.5, 0.6) is 0 Å². The average molecular weight is 247 g/mol. The van der Waals surface area contributed by atoms with E-state index in [0.717, 1.165) is 13.1 Å². The van der Waals surface area contributed by atoms with Crippen LogP contribution in [0.2, 0.25) is 0 Å². The van der Waals surface area contributed by atoms with Gasteiger partial charge in [-0.25, -0.2) is 0 Å². The first-order chi connectivity index (χ1) is 8.81. The van der Waals surface area contributed by atoms with Crippen LogP contribution in [0.4, 0.5) is 0 Å². The minimum absolute atomic E-state index is 0.665. The van der Waals surface area contributed by atoms with Crippen molar-refractivity contribution in [3.63, 3.8) is 0 Å². The Kier molecular flexibility index (Phi) is 5.14. The lowest BCUT2D eigenvalue weighted by molar-refractivity contribution is 0.202. The van der Waals surface area contributed by atoms with Gasteiger partial charge in [-0.1, -0.05) is 19.4 Å². The van der Waals surface area contributed by atoms with Gasteiger partial charge in [-0.3, -0.25) is 9.88 Å². The number of hydrogen-bond acceptors (Lipinski definition) is 3. The predicted octanol–water partition coefficient (Wildman–Crippen LogP) is 2.43. The molecule has 3 heteroatoms. The molecular weight excluding hydrogens is 222 g/mol. The largest absolute Gasteiger partial charge is 0.312 e. The SMILES string of the molecule is CCCNC1CCCC1N(C)Cc1ccccn1. The van der Waals surface area contributed by atoms with Crippen LogP contribution in [0, 0.1) is 0 Å². The summed E-state index contributed by atoms with van der Waals surface area (Å²) in [6.07, 6.45) is 7.07. The van der Waals surface area contributed by atoms with Gasteiger partial charge in [0.25, 0.3) is 0 Å². The highest BCUT2D eigenvalue weighted by molar-refractivity contribution is 5.04. The second kappa shape index (κ2) is 6.86. The predicted molar refractivity (Wildman–Crippen MR) is 75.4 cm³/mol. The monoisotopic (exact) mass is 247 g/mol. The lowest BCUT2D eigenvalue weighted by Crippen LogP contribution is -2.45. The van der Waals surface area contributed by atoms with E-state index >= 15 is 0 Å². The fourth-order valence-electron chi connectivity index (χ4n) is 2.90. The Labute approximate surface area is 111 Å². The summed E-state index contributed by atoms with van der Waals surface area (Å²) < 4.78 is 0. The van der Waals surface area contributed by atoms with Crippen molar-refractivity contribution in [1.82, 2.24) is 15.2 Å². The van der Waals surface area contributed by atoms with Gasteiger partial charge in [0.05, 0.1) is 5.69 Å². The molecule has 1 aromatic rings. The molecule has 18 heavy (non-hydrogen) atoms. The number of likely N-dealkylation sites (N-methyl/N-ethyl adjacent to an activating group) is 1. The molecule has 1 N–H and O–H groups in total. The molecule has 0 aliphatic heterocycles. The molecule has 1 saturated carbocycles. The van der Waals surface area contributed by atoms with Gasteiger partial charge in [0.15, 0.2) is 0 Å². The first-order valence-corrected chi connectivity index (χ1v) is 7.14. The third-order valence-electron chi connectivity index (χ3n) is 3.84. The normalized spacial score (nSPS) is 23.7. The molecule has 0 spiro atoms. The first kappa shape index (κ1) is 13.5. The van der Waals surface area contributed by atoms with Crippen molar-refractivity contribution in [3.05, 3.63) is 30.1 Å². The molecule has 2 rings (SSSR count). The van der Waals surface area contributed by atoms with Crippen LogP contribution in [0.15, 0.2) is 24.4 Å². The summed E-state index contributed by atoms with van der Waals surface area (Å²) in [6.45, 7) is 4.32. The smallest absolute Gasteiger partial charge is 0.0543 e. The maximum atomic E-state index is 4.42. The molecule has 0 radical (unpaired) electrons. The van der Waals surface area contributed by atoms with Gasteiger partial charge in [-0.05, 0) is 45.0 Å². The molecule has 1 heterocycles. The topological polar surface area (TPSA) is 28.2 Å². The molecule has 1 aliphatic carbocycles. The summed E-state index contributed by atoms with van der Waals surface area (Å²) in [7, 11) is 2.23. The molecule has 2 unspecified atom stereocenters. The van der Waals surface area contributed by atoms with Gasteiger partial charge in [0, 0.05) is 24.8 Å². The zero-order valence-corrected chi connectivity index (χ0v) is 11.6. The van der Waals surface area contributed by atoms with Crippen molar-refractivity contribution in [2.75, 3.05) is 13.6 Å². The molecule has 2 atom stereocenters. The second-order valence-electron chi connectivity index (χ2n) is 5.30. The number of hydrogen-bond donors (Lipinski definition) is 1. The Morgan fingerprint density at radius 2 is 2.28 bits per heavy atom. The maximum absolute atomic E-state index is 4.42. The van der Waals surface area contributed by atoms with Gasteiger partial charge >= 0.3 is 0 Å². The second-order valence-corrected chi connectivity index (χ2v) is 5.30. The molecule has 1 aliphatic rings. The van der Waals surface area contributed by atoms with E-state index in [1.165, 1.54) is 31.4 Å². The fourth-order valence-corrected chi connectivity index (χ4v) is 2.90. The van der Waals surface area contributed by atoms with Gasteiger partial charge in [-0.2, -0.15) is 0 Å². The van der Waals surface area contributed by atoms with E-state index in [2.05, 4.69) is 41.3 Å². The first-order valence-electron chi connectivity index (χ1n) is 7.14. The minimum Gasteiger partial charge on any atom is -0.312 e. The van der Waals surface area contributed by atoms with Crippen LogP contribution in [0.3, 0.4) is 0 Å². The number of rotatable bonds is 6. The number of pyridine rings is 1. The van der Waals surface area contributed by atoms with E-state index in [0.29, 0.717) is 12.1 Å². The standard InChI is InChI=1S/C15H25N3/c1-3-10-17-14-8-6-9-15(14)18(2)12-13-7-4-5-11-16-13/h4-5,7,11,14-15,17H,3,6,8-10,12H2,1-2H3. The van der Waals surface area contributed by atoms with Crippen LogP contribution in [-0.4, -0.2) is 35.6 Å². The summed E-state index contributed by atoms with van der Waals surface area (Å²) in [6, 6.07) is 7.49. The zero-order chi connectivity index (χ0) is 12.8. The average Bonchev–Trinajstić information content (AvgIpc) is 2.86. The molecule has 0 aromatic carbocycles. The third-order valence-corrected chi connectivity index (χ3v) is 3.84. The summed E-state index contributed by atoms with van der Waals surface area (Å²) in [5.74, 6) is 0. The van der Waals surface area contributed by atoms with Crippen LogP contribution < -0.4 is 5.32 Å². The molecule has 0 amide bonds. The highest BCUT2D eigenvalue weighted by Gasteiger charge is 2.29. The van der Waals surface area contributed by atoms with Crippen molar-refractivity contribution >= 4 is 0 Å². The Balaban J connectivity index is 1.89. The van der Waals surface area contributed by atoms with Gasteiger partial charge in [-0.15, -0.1) is 0 Å². The maximum Gasteiger partial charge on any atom is 0.0543 e. The molecule has 3 nitrogen and oxygen atoms in total. The van der Waals surface area contributed by atoms with Crippen molar-refractivity contribution in [2.24, 2.45) is 0 Å². The van der Waals surface area contributed by atoms with E-state index in [1.807, 2.05) is 12.3 Å². The molecule has 1 fully saturated rings. The van der Waals surface area contributed by atoms with Crippen LogP contribution in [0.25, 0.3) is 0 Å². The Morgan fingerprint density at radius 1 is 1.39 bits per heavy atom. The van der Waals surface area contributed by atoms with E-state index in [1.54, 1.807) is 0 Å². The van der Waals surface area contributed by atoms with Gasteiger partial charge < -0.3 is 5.32 Å². The highest BCUT2D eigenvalue weighted by atomic mass is 15.2. The van der Waals surface area contributed by atoms with E-state index in [9.17, 15) is 0 Å². The molecule has 0 bridgehead atoms. The molecule has 100 valence electrons. The molecule has 0 saturated heterocycles. The summed E-state index contributed by atoms with van der Waals surface area (Å²) in [4.78, 5) is 6.88. The van der Waals surface area contributed by atoms with Gasteiger partial charge in [0.2, 0.25) is 0 Å². The fraction of sp³-hybridized carbons (Fsp3) is 0.667. The summed E-state index contributed by atoms with van der Waals surface area (Å²) >= 11 is 0.